The number of aliphatic hydroxyl groups excluding tert-OH is 1. The molecule has 0 aromatic heterocycles. The molecular formula is C14H15NO3. The molecule has 0 saturated carbocycles. The van der Waals surface area contributed by atoms with Crippen molar-refractivity contribution in [3.63, 3.8) is 0 Å². The van der Waals surface area contributed by atoms with E-state index in [-0.39, 0.29) is 6.42 Å². The minimum Gasteiger partial charge on any atom is -0.481 e. The second-order valence-corrected chi connectivity index (χ2v) is 4.26. The SMILES string of the molecule is N[C@@H](c1cccc2ccccc12)[C@H](O)CC(=O)O. The molecule has 0 amide bonds. The van der Waals surface area contributed by atoms with E-state index in [1.165, 1.54) is 0 Å². The molecule has 0 saturated heterocycles. The van der Waals surface area contributed by atoms with Gasteiger partial charge < -0.3 is 15.9 Å². The molecule has 4 heteroatoms. The minimum absolute atomic E-state index is 0.357. The Balaban J connectivity index is 2.38. The predicted octanol–water partition coefficient (Wildman–Crippen LogP) is 1.68. The summed E-state index contributed by atoms with van der Waals surface area (Å²) >= 11 is 0. The van der Waals surface area contributed by atoms with E-state index < -0.39 is 18.1 Å². The highest BCUT2D eigenvalue weighted by atomic mass is 16.4. The number of benzene rings is 2. The van der Waals surface area contributed by atoms with Crippen molar-refractivity contribution in [1.29, 1.82) is 0 Å². The van der Waals surface area contributed by atoms with E-state index in [1.54, 1.807) is 0 Å². The highest BCUT2D eigenvalue weighted by Gasteiger charge is 2.21. The largest absolute Gasteiger partial charge is 0.481 e. The Hall–Kier alpha value is -1.91. The fourth-order valence-electron chi connectivity index (χ4n) is 2.05. The molecule has 2 atom stereocenters. The smallest absolute Gasteiger partial charge is 0.306 e. The zero-order valence-corrected chi connectivity index (χ0v) is 9.78. The Labute approximate surface area is 105 Å². The molecule has 0 bridgehead atoms. The summed E-state index contributed by atoms with van der Waals surface area (Å²) in [4.78, 5) is 10.6. The van der Waals surface area contributed by atoms with Crippen molar-refractivity contribution in [2.24, 2.45) is 5.73 Å². The Morgan fingerprint density at radius 3 is 2.56 bits per heavy atom. The topological polar surface area (TPSA) is 83.5 Å². The molecule has 0 aliphatic rings. The van der Waals surface area contributed by atoms with Gasteiger partial charge in [-0.05, 0) is 16.3 Å². The van der Waals surface area contributed by atoms with E-state index >= 15 is 0 Å². The van der Waals surface area contributed by atoms with Gasteiger partial charge in [0.15, 0.2) is 0 Å². The lowest BCUT2D eigenvalue weighted by molar-refractivity contribution is -0.139. The number of aliphatic hydroxyl groups is 1. The Morgan fingerprint density at radius 2 is 1.83 bits per heavy atom. The van der Waals surface area contributed by atoms with Gasteiger partial charge in [-0.3, -0.25) is 4.79 Å². The van der Waals surface area contributed by atoms with Gasteiger partial charge in [0.2, 0.25) is 0 Å². The lowest BCUT2D eigenvalue weighted by atomic mass is 9.95. The number of carbonyl (C=O) groups is 1. The van der Waals surface area contributed by atoms with Crippen LogP contribution in [0.15, 0.2) is 42.5 Å². The van der Waals surface area contributed by atoms with Crippen molar-refractivity contribution in [2.45, 2.75) is 18.6 Å². The van der Waals surface area contributed by atoms with Crippen LogP contribution in [0.5, 0.6) is 0 Å². The number of hydrogen-bond donors (Lipinski definition) is 3. The Kier molecular flexibility index (Phi) is 3.60. The molecule has 2 aromatic rings. The van der Waals surface area contributed by atoms with Gasteiger partial charge in [0.25, 0.3) is 0 Å². The van der Waals surface area contributed by atoms with Crippen LogP contribution in [-0.4, -0.2) is 22.3 Å². The highest BCUT2D eigenvalue weighted by molar-refractivity contribution is 5.86. The number of aliphatic carboxylic acids is 1. The van der Waals surface area contributed by atoms with E-state index in [1.807, 2.05) is 42.5 Å². The first kappa shape index (κ1) is 12.5. The zero-order valence-electron chi connectivity index (χ0n) is 9.78. The minimum atomic E-state index is -1.09. The maximum Gasteiger partial charge on any atom is 0.306 e. The lowest BCUT2D eigenvalue weighted by Gasteiger charge is -2.19. The molecular weight excluding hydrogens is 230 g/mol. The average molecular weight is 245 g/mol. The van der Waals surface area contributed by atoms with E-state index in [4.69, 9.17) is 10.8 Å². The summed E-state index contributed by atoms with van der Waals surface area (Å²) in [5, 5.41) is 20.4. The molecule has 94 valence electrons. The summed E-state index contributed by atoms with van der Waals surface area (Å²) < 4.78 is 0. The van der Waals surface area contributed by atoms with E-state index in [2.05, 4.69) is 0 Å². The van der Waals surface area contributed by atoms with Gasteiger partial charge in [0.05, 0.1) is 18.6 Å². The molecule has 2 rings (SSSR count). The van der Waals surface area contributed by atoms with Crippen molar-refractivity contribution in [2.75, 3.05) is 0 Å². The molecule has 2 aromatic carbocycles. The number of fused-ring (bicyclic) bond motifs is 1. The van der Waals surface area contributed by atoms with E-state index in [9.17, 15) is 9.90 Å². The van der Waals surface area contributed by atoms with Crippen molar-refractivity contribution >= 4 is 16.7 Å². The van der Waals surface area contributed by atoms with Crippen LogP contribution in [0.4, 0.5) is 0 Å². The fourth-order valence-corrected chi connectivity index (χ4v) is 2.05. The van der Waals surface area contributed by atoms with Crippen molar-refractivity contribution in [3.05, 3.63) is 48.0 Å². The maximum absolute atomic E-state index is 10.6. The summed E-state index contributed by atoms with van der Waals surface area (Å²) in [6.45, 7) is 0. The molecule has 4 N–H and O–H groups in total. The maximum atomic E-state index is 10.6. The van der Waals surface area contributed by atoms with Gasteiger partial charge in [-0.2, -0.15) is 0 Å². The van der Waals surface area contributed by atoms with Crippen LogP contribution in [0, 0.1) is 0 Å². The quantitative estimate of drug-likeness (QED) is 0.765. The van der Waals surface area contributed by atoms with Crippen LogP contribution in [0.1, 0.15) is 18.0 Å². The summed E-state index contributed by atoms with van der Waals surface area (Å²) in [5.41, 5.74) is 6.71. The molecule has 0 fully saturated rings. The van der Waals surface area contributed by atoms with Crippen LogP contribution < -0.4 is 5.73 Å². The number of carboxylic acid groups (broad SMARTS) is 1. The average Bonchev–Trinajstić information content (AvgIpc) is 2.36. The standard InChI is InChI=1S/C14H15NO3/c15-14(12(16)8-13(17)18)11-7-3-5-9-4-1-2-6-10(9)11/h1-7,12,14,16H,8,15H2,(H,17,18)/t12-,14+/m1/s1. The van der Waals surface area contributed by atoms with Crippen LogP contribution in [-0.2, 0) is 4.79 Å². The van der Waals surface area contributed by atoms with Gasteiger partial charge in [0.1, 0.15) is 0 Å². The monoisotopic (exact) mass is 245 g/mol. The van der Waals surface area contributed by atoms with Crippen LogP contribution in [0.25, 0.3) is 10.8 Å². The molecule has 18 heavy (non-hydrogen) atoms. The lowest BCUT2D eigenvalue weighted by Crippen LogP contribution is -2.28. The fraction of sp³-hybridized carbons (Fsp3) is 0.214. The first-order valence-corrected chi connectivity index (χ1v) is 5.72. The zero-order chi connectivity index (χ0) is 13.1. The number of carboxylic acids is 1. The summed E-state index contributed by atoms with van der Waals surface area (Å²) in [6, 6.07) is 12.6. The van der Waals surface area contributed by atoms with Gasteiger partial charge in [-0.1, -0.05) is 42.5 Å². The van der Waals surface area contributed by atoms with E-state index in [0.29, 0.717) is 0 Å². The van der Waals surface area contributed by atoms with Gasteiger partial charge in [-0.25, -0.2) is 0 Å². The van der Waals surface area contributed by atoms with Crippen molar-refractivity contribution in [1.82, 2.24) is 0 Å². The Bertz CT molecular complexity index is 562. The third-order valence-corrected chi connectivity index (χ3v) is 2.98. The molecule has 0 radical (unpaired) electrons. The van der Waals surface area contributed by atoms with Gasteiger partial charge in [0, 0.05) is 0 Å². The third-order valence-electron chi connectivity index (χ3n) is 2.98. The van der Waals surface area contributed by atoms with Crippen LogP contribution >= 0.6 is 0 Å². The van der Waals surface area contributed by atoms with Gasteiger partial charge >= 0.3 is 5.97 Å². The molecule has 0 aliphatic carbocycles. The number of nitrogens with two attached hydrogens (primary N) is 1. The van der Waals surface area contributed by atoms with Crippen molar-refractivity contribution < 1.29 is 15.0 Å². The van der Waals surface area contributed by atoms with Crippen molar-refractivity contribution in [3.8, 4) is 0 Å². The third kappa shape index (κ3) is 2.50. The summed E-state index contributed by atoms with van der Waals surface area (Å²) in [6.07, 6.45) is -1.45. The first-order chi connectivity index (χ1) is 8.59. The second-order valence-electron chi connectivity index (χ2n) is 4.26. The van der Waals surface area contributed by atoms with Gasteiger partial charge in [-0.15, -0.1) is 0 Å². The molecule has 4 nitrogen and oxygen atoms in total. The Morgan fingerprint density at radius 1 is 1.17 bits per heavy atom. The van der Waals surface area contributed by atoms with E-state index in [0.717, 1.165) is 16.3 Å². The summed E-state index contributed by atoms with van der Waals surface area (Å²) in [7, 11) is 0. The molecule has 0 aliphatic heterocycles. The number of rotatable bonds is 4. The normalized spacial score (nSPS) is 14.3. The highest BCUT2D eigenvalue weighted by Crippen LogP contribution is 2.25. The second kappa shape index (κ2) is 5.16. The van der Waals surface area contributed by atoms with Crippen LogP contribution in [0.2, 0.25) is 0 Å². The molecule has 0 spiro atoms. The molecule has 0 heterocycles. The van der Waals surface area contributed by atoms with Crippen LogP contribution in [0.3, 0.4) is 0 Å². The predicted molar refractivity (Wildman–Crippen MR) is 69.1 cm³/mol. The summed E-state index contributed by atoms with van der Waals surface area (Å²) in [5.74, 6) is -1.06. The first-order valence-electron chi connectivity index (χ1n) is 5.72. The molecule has 0 unspecified atom stereocenters. The number of hydrogen-bond acceptors (Lipinski definition) is 3.